The van der Waals surface area contributed by atoms with Crippen LogP contribution in [-0.4, -0.2) is 34.6 Å². The Morgan fingerprint density at radius 2 is 1.59 bits per heavy atom. The molecule has 0 saturated carbocycles. The number of ether oxygens (including phenoxy) is 2. The third kappa shape index (κ3) is 4.40. The molecule has 1 aliphatic heterocycles. The van der Waals surface area contributed by atoms with Crippen molar-refractivity contribution in [1.82, 2.24) is 5.32 Å². The van der Waals surface area contributed by atoms with Gasteiger partial charge in [-0.2, -0.15) is 0 Å². The molecule has 0 fully saturated rings. The van der Waals surface area contributed by atoms with E-state index in [2.05, 4.69) is 5.32 Å². The number of anilines is 1. The van der Waals surface area contributed by atoms with Crippen LogP contribution in [-0.2, 0) is 10.0 Å². The second-order valence-corrected chi connectivity index (χ2v) is 9.40. The Labute approximate surface area is 187 Å². The van der Waals surface area contributed by atoms with Crippen molar-refractivity contribution >= 4 is 21.6 Å². The quantitative estimate of drug-likeness (QED) is 0.615. The van der Waals surface area contributed by atoms with Crippen molar-refractivity contribution < 1.29 is 22.7 Å². The molecule has 1 unspecified atom stereocenters. The van der Waals surface area contributed by atoms with Crippen LogP contribution in [0.2, 0.25) is 0 Å². The van der Waals surface area contributed by atoms with Crippen LogP contribution in [0.5, 0.6) is 11.5 Å². The Hall–Kier alpha value is -3.52. The number of amides is 1. The minimum atomic E-state index is -3.68. The molecule has 8 heteroatoms. The van der Waals surface area contributed by atoms with E-state index in [1.54, 1.807) is 54.6 Å². The van der Waals surface area contributed by atoms with Gasteiger partial charge in [0.1, 0.15) is 13.2 Å². The van der Waals surface area contributed by atoms with Crippen LogP contribution in [0, 0.1) is 0 Å². The zero-order chi connectivity index (χ0) is 22.7. The zero-order valence-electron chi connectivity index (χ0n) is 17.8. The van der Waals surface area contributed by atoms with Crippen molar-refractivity contribution in [2.45, 2.75) is 17.9 Å². The molecule has 166 valence electrons. The van der Waals surface area contributed by atoms with Gasteiger partial charge in [0.15, 0.2) is 11.5 Å². The van der Waals surface area contributed by atoms with Gasteiger partial charge in [0.05, 0.1) is 16.6 Å². The molecule has 0 aromatic heterocycles. The molecule has 0 saturated heterocycles. The Kier molecular flexibility index (Phi) is 6.05. The highest BCUT2D eigenvalue weighted by Crippen LogP contribution is 2.32. The van der Waals surface area contributed by atoms with Crippen LogP contribution in [0.25, 0.3) is 0 Å². The molecule has 7 nitrogen and oxygen atoms in total. The summed E-state index contributed by atoms with van der Waals surface area (Å²) in [6.07, 6.45) is 0. The molecule has 3 aromatic carbocycles. The number of hydrogen-bond acceptors (Lipinski definition) is 5. The number of sulfonamides is 1. The van der Waals surface area contributed by atoms with Crippen LogP contribution in [0.3, 0.4) is 0 Å². The van der Waals surface area contributed by atoms with E-state index in [1.807, 2.05) is 25.1 Å². The third-order valence-corrected chi connectivity index (χ3v) is 7.11. The molecule has 3 aromatic rings. The second-order valence-electron chi connectivity index (χ2n) is 7.43. The Bertz CT molecular complexity index is 1210. The molecule has 1 amide bonds. The van der Waals surface area contributed by atoms with E-state index < -0.39 is 10.0 Å². The van der Waals surface area contributed by atoms with Crippen LogP contribution in [0.15, 0.2) is 77.7 Å². The van der Waals surface area contributed by atoms with Gasteiger partial charge in [-0.1, -0.05) is 24.3 Å². The fourth-order valence-corrected chi connectivity index (χ4v) is 4.62. The maximum absolute atomic E-state index is 12.8. The lowest BCUT2D eigenvalue weighted by molar-refractivity contribution is 0.0939. The summed E-state index contributed by atoms with van der Waals surface area (Å²) in [5.41, 5.74) is 1.79. The molecular formula is C24H24N2O5S. The summed E-state index contributed by atoms with van der Waals surface area (Å²) in [6, 6.07) is 20.0. The van der Waals surface area contributed by atoms with Gasteiger partial charge < -0.3 is 14.8 Å². The van der Waals surface area contributed by atoms with Crippen molar-refractivity contribution in [2.24, 2.45) is 0 Å². The highest BCUT2D eigenvalue weighted by Gasteiger charge is 2.21. The highest BCUT2D eigenvalue weighted by molar-refractivity contribution is 7.92. The Morgan fingerprint density at radius 1 is 0.938 bits per heavy atom. The molecule has 1 aliphatic rings. The average Bonchev–Trinajstić information content (AvgIpc) is 2.83. The molecule has 0 spiro atoms. The van der Waals surface area contributed by atoms with E-state index >= 15 is 0 Å². The number of carbonyl (C=O) groups excluding carboxylic acids is 1. The average molecular weight is 453 g/mol. The van der Waals surface area contributed by atoms with E-state index in [0.29, 0.717) is 36.0 Å². The zero-order valence-corrected chi connectivity index (χ0v) is 18.6. The normalized spacial score (nSPS) is 13.8. The van der Waals surface area contributed by atoms with E-state index in [9.17, 15) is 13.2 Å². The molecule has 1 heterocycles. The van der Waals surface area contributed by atoms with Gasteiger partial charge >= 0.3 is 0 Å². The maximum atomic E-state index is 12.8. The standard InChI is InChI=1S/C24H24N2O5S/c1-17(19-10-13-22-23(16-19)31-15-14-30-22)25-24(27)18-8-11-20(12-9-18)26(2)32(28,29)21-6-4-3-5-7-21/h3-13,16-17H,14-15H2,1-2H3,(H,25,27). The number of hydrogen-bond donors (Lipinski definition) is 1. The topological polar surface area (TPSA) is 84.9 Å². The first-order chi connectivity index (χ1) is 15.4. The summed E-state index contributed by atoms with van der Waals surface area (Å²) in [4.78, 5) is 12.9. The lowest BCUT2D eigenvalue weighted by Crippen LogP contribution is -2.28. The number of fused-ring (bicyclic) bond motifs is 1. The fraction of sp³-hybridized carbons (Fsp3) is 0.208. The minimum absolute atomic E-state index is 0.206. The van der Waals surface area contributed by atoms with Gasteiger partial charge in [-0.05, 0) is 61.0 Å². The molecular weight excluding hydrogens is 428 g/mol. The number of nitrogens with one attached hydrogen (secondary N) is 1. The van der Waals surface area contributed by atoms with E-state index in [0.717, 1.165) is 5.56 Å². The van der Waals surface area contributed by atoms with Gasteiger partial charge in [-0.25, -0.2) is 8.42 Å². The van der Waals surface area contributed by atoms with Crippen molar-refractivity contribution in [3.63, 3.8) is 0 Å². The molecule has 4 rings (SSSR count). The van der Waals surface area contributed by atoms with Crippen LogP contribution < -0.4 is 19.1 Å². The third-order valence-electron chi connectivity index (χ3n) is 5.31. The summed E-state index contributed by atoms with van der Waals surface area (Å²) in [5.74, 6) is 1.11. The van der Waals surface area contributed by atoms with Gasteiger partial charge in [0, 0.05) is 12.6 Å². The minimum Gasteiger partial charge on any atom is -0.486 e. The van der Waals surface area contributed by atoms with Crippen LogP contribution in [0.1, 0.15) is 28.9 Å². The predicted molar refractivity (Wildman–Crippen MR) is 122 cm³/mol. The molecule has 0 aliphatic carbocycles. The molecule has 1 atom stereocenters. The van der Waals surface area contributed by atoms with Gasteiger partial charge in [0.25, 0.3) is 15.9 Å². The smallest absolute Gasteiger partial charge is 0.264 e. The molecule has 0 bridgehead atoms. The van der Waals surface area contributed by atoms with E-state index in [4.69, 9.17) is 9.47 Å². The lowest BCUT2D eigenvalue weighted by Gasteiger charge is -2.21. The van der Waals surface area contributed by atoms with Gasteiger partial charge in [-0.3, -0.25) is 9.10 Å². The summed E-state index contributed by atoms with van der Waals surface area (Å²) in [7, 11) is -2.19. The number of nitrogens with zero attached hydrogens (tertiary/aromatic N) is 1. The largest absolute Gasteiger partial charge is 0.486 e. The number of carbonyl (C=O) groups is 1. The monoisotopic (exact) mass is 452 g/mol. The van der Waals surface area contributed by atoms with E-state index in [-0.39, 0.29) is 16.8 Å². The molecule has 32 heavy (non-hydrogen) atoms. The van der Waals surface area contributed by atoms with Crippen molar-refractivity contribution in [3.05, 3.63) is 83.9 Å². The summed E-state index contributed by atoms with van der Waals surface area (Å²) >= 11 is 0. The first-order valence-electron chi connectivity index (χ1n) is 10.2. The molecule has 1 N–H and O–H groups in total. The van der Waals surface area contributed by atoms with Crippen molar-refractivity contribution in [3.8, 4) is 11.5 Å². The lowest BCUT2D eigenvalue weighted by atomic mass is 10.1. The van der Waals surface area contributed by atoms with Gasteiger partial charge in [-0.15, -0.1) is 0 Å². The Balaban J connectivity index is 1.45. The Morgan fingerprint density at radius 3 is 2.28 bits per heavy atom. The summed E-state index contributed by atoms with van der Waals surface area (Å²) in [5, 5.41) is 2.96. The van der Waals surface area contributed by atoms with Crippen molar-refractivity contribution in [1.29, 1.82) is 0 Å². The van der Waals surface area contributed by atoms with Gasteiger partial charge in [0.2, 0.25) is 0 Å². The van der Waals surface area contributed by atoms with Crippen LogP contribution in [0.4, 0.5) is 5.69 Å². The van der Waals surface area contributed by atoms with Crippen molar-refractivity contribution in [2.75, 3.05) is 24.6 Å². The van der Waals surface area contributed by atoms with Crippen LogP contribution >= 0.6 is 0 Å². The summed E-state index contributed by atoms with van der Waals surface area (Å²) in [6.45, 7) is 2.91. The number of benzene rings is 3. The SMILES string of the molecule is CC(NC(=O)c1ccc(N(C)S(=O)(=O)c2ccccc2)cc1)c1ccc2c(c1)OCCO2. The first-order valence-corrected chi connectivity index (χ1v) is 11.6. The maximum Gasteiger partial charge on any atom is 0.264 e. The number of rotatable bonds is 6. The second kappa shape index (κ2) is 8.92. The van der Waals surface area contributed by atoms with E-state index in [1.165, 1.54) is 11.4 Å². The highest BCUT2D eigenvalue weighted by atomic mass is 32.2. The molecule has 0 radical (unpaired) electrons. The fourth-order valence-electron chi connectivity index (χ4n) is 3.40. The summed E-state index contributed by atoms with van der Waals surface area (Å²) < 4.78 is 37.9. The predicted octanol–water partition coefficient (Wildman–Crippen LogP) is 3.77. The first kappa shape index (κ1) is 21.7.